The highest BCUT2D eigenvalue weighted by Crippen LogP contribution is 2.21. The Balaban J connectivity index is 1.87. The molecular weight excluding hydrogens is 432 g/mol. The summed E-state index contributed by atoms with van der Waals surface area (Å²) in [4.78, 5) is 29.6. The second-order valence-corrected chi connectivity index (χ2v) is 8.01. The highest BCUT2D eigenvalue weighted by atomic mass is 79.9. The van der Waals surface area contributed by atoms with Crippen molar-refractivity contribution in [3.05, 3.63) is 79.7 Å². The maximum Gasteiger partial charge on any atom is 0.255 e. The van der Waals surface area contributed by atoms with E-state index in [2.05, 4.69) is 37.6 Å². The molecule has 0 atom stereocenters. The molecule has 2 aromatic carbocycles. The molecule has 0 spiro atoms. The van der Waals surface area contributed by atoms with Crippen LogP contribution < -0.4 is 16.2 Å². The molecule has 150 valence electrons. The minimum Gasteiger partial charge on any atom is -0.325 e. The Morgan fingerprint density at radius 1 is 1.00 bits per heavy atom. The third-order valence-corrected chi connectivity index (χ3v) is 5.25. The molecule has 1 aromatic heterocycles. The van der Waals surface area contributed by atoms with Crippen molar-refractivity contribution in [3.63, 3.8) is 0 Å². The first-order chi connectivity index (χ1) is 13.7. The topological polar surface area (TPSA) is 76.0 Å². The van der Waals surface area contributed by atoms with Gasteiger partial charge in [-0.3, -0.25) is 14.2 Å². The van der Waals surface area contributed by atoms with Gasteiger partial charge in [0.15, 0.2) is 0 Å². The van der Waals surface area contributed by atoms with Gasteiger partial charge >= 0.3 is 0 Å². The molecule has 0 saturated heterocycles. The number of nitrogens with zero attached hydrogens (tertiary/aromatic N) is 2. The van der Waals surface area contributed by atoms with Crippen molar-refractivity contribution in [2.45, 2.75) is 34.2 Å². The molecule has 7 heteroatoms. The quantitative estimate of drug-likeness (QED) is 0.589. The summed E-state index contributed by atoms with van der Waals surface area (Å²) in [7, 11) is 0. The number of benzene rings is 2. The maximum atomic E-state index is 12.6. The Morgan fingerprint density at radius 2 is 1.69 bits per heavy atom. The molecule has 2 N–H and O–H groups in total. The zero-order valence-corrected chi connectivity index (χ0v) is 18.4. The first-order valence-electron chi connectivity index (χ1n) is 9.21. The first-order valence-corrected chi connectivity index (χ1v) is 10.0. The van der Waals surface area contributed by atoms with E-state index < -0.39 is 0 Å². The molecule has 0 aliphatic heterocycles. The summed E-state index contributed by atoms with van der Waals surface area (Å²) in [6, 6.07) is 13.0. The molecule has 6 nitrogen and oxygen atoms in total. The van der Waals surface area contributed by atoms with Gasteiger partial charge < -0.3 is 10.6 Å². The second kappa shape index (κ2) is 8.61. The normalized spacial score (nSPS) is 10.7. The Hall–Kier alpha value is -2.93. The van der Waals surface area contributed by atoms with Crippen molar-refractivity contribution >= 4 is 39.2 Å². The number of carbonyl (C=O) groups is 1. The van der Waals surface area contributed by atoms with Crippen LogP contribution in [-0.2, 0) is 11.3 Å². The molecule has 3 rings (SSSR count). The average Bonchev–Trinajstić information content (AvgIpc) is 2.60. The van der Waals surface area contributed by atoms with Crippen LogP contribution in [0.3, 0.4) is 0 Å². The number of nitrogens with one attached hydrogen (secondary N) is 2. The smallest absolute Gasteiger partial charge is 0.255 e. The van der Waals surface area contributed by atoms with Crippen LogP contribution in [0, 0.1) is 27.7 Å². The summed E-state index contributed by atoms with van der Waals surface area (Å²) in [6.45, 7) is 7.56. The zero-order valence-electron chi connectivity index (χ0n) is 16.8. The molecular formula is C22H23BrN4O2. The SMILES string of the molecule is Cc1cc(C)cc(Nc2nc(C)cc(=O)n2CC(=O)Nc2ccc(Br)c(C)c2)c1. The van der Waals surface area contributed by atoms with Crippen molar-refractivity contribution in [2.75, 3.05) is 10.6 Å². The fourth-order valence-electron chi connectivity index (χ4n) is 3.11. The van der Waals surface area contributed by atoms with E-state index >= 15 is 0 Å². The Bertz CT molecular complexity index is 1120. The highest BCUT2D eigenvalue weighted by Gasteiger charge is 2.13. The van der Waals surface area contributed by atoms with Gasteiger partial charge in [0.25, 0.3) is 5.56 Å². The maximum absolute atomic E-state index is 12.6. The van der Waals surface area contributed by atoms with Crippen LogP contribution in [-0.4, -0.2) is 15.5 Å². The van der Waals surface area contributed by atoms with E-state index in [-0.39, 0.29) is 18.0 Å². The van der Waals surface area contributed by atoms with Crippen molar-refractivity contribution in [3.8, 4) is 0 Å². The fraction of sp³-hybridized carbons (Fsp3) is 0.227. The molecule has 0 aliphatic carbocycles. The lowest BCUT2D eigenvalue weighted by molar-refractivity contribution is -0.116. The van der Waals surface area contributed by atoms with Crippen LogP contribution >= 0.6 is 15.9 Å². The van der Waals surface area contributed by atoms with Gasteiger partial charge in [-0.15, -0.1) is 0 Å². The number of hydrogen-bond donors (Lipinski definition) is 2. The number of aromatic nitrogens is 2. The van der Waals surface area contributed by atoms with E-state index in [0.717, 1.165) is 26.9 Å². The monoisotopic (exact) mass is 454 g/mol. The van der Waals surface area contributed by atoms with E-state index in [9.17, 15) is 9.59 Å². The van der Waals surface area contributed by atoms with Gasteiger partial charge in [0.1, 0.15) is 6.54 Å². The van der Waals surface area contributed by atoms with E-state index in [4.69, 9.17) is 0 Å². The molecule has 0 saturated carbocycles. The summed E-state index contributed by atoms with van der Waals surface area (Å²) < 4.78 is 2.31. The van der Waals surface area contributed by atoms with Crippen LogP contribution in [0.25, 0.3) is 0 Å². The summed E-state index contributed by atoms with van der Waals surface area (Å²) in [5.41, 5.74) is 4.99. The van der Waals surface area contributed by atoms with Crippen molar-refractivity contribution in [1.82, 2.24) is 9.55 Å². The van der Waals surface area contributed by atoms with Gasteiger partial charge in [-0.05, 0) is 74.7 Å². The largest absolute Gasteiger partial charge is 0.325 e. The number of anilines is 3. The second-order valence-electron chi connectivity index (χ2n) is 7.16. The van der Waals surface area contributed by atoms with Gasteiger partial charge in [-0.25, -0.2) is 4.98 Å². The van der Waals surface area contributed by atoms with E-state index in [1.54, 1.807) is 13.0 Å². The number of aryl methyl sites for hydroxylation is 4. The molecule has 29 heavy (non-hydrogen) atoms. The predicted molar refractivity (Wildman–Crippen MR) is 120 cm³/mol. The number of rotatable bonds is 5. The Morgan fingerprint density at radius 3 is 2.34 bits per heavy atom. The van der Waals surface area contributed by atoms with Gasteiger partial charge in [0, 0.05) is 27.6 Å². The average molecular weight is 455 g/mol. The van der Waals surface area contributed by atoms with Crippen LogP contribution in [0.5, 0.6) is 0 Å². The standard InChI is InChI=1S/C22H23BrN4O2/c1-13-7-14(2)9-18(8-13)26-22-24-16(4)11-21(29)27(22)12-20(28)25-17-5-6-19(23)15(3)10-17/h5-11H,12H2,1-4H3,(H,24,26)(H,25,28). The number of carbonyl (C=O) groups excluding carboxylic acids is 1. The van der Waals surface area contributed by atoms with E-state index in [0.29, 0.717) is 17.3 Å². The van der Waals surface area contributed by atoms with Gasteiger partial charge in [0.2, 0.25) is 11.9 Å². The molecule has 0 radical (unpaired) electrons. The molecule has 1 heterocycles. The number of halogens is 1. The third kappa shape index (κ3) is 5.32. The molecule has 0 fully saturated rings. The number of hydrogen-bond acceptors (Lipinski definition) is 4. The van der Waals surface area contributed by atoms with E-state index in [1.807, 2.05) is 45.0 Å². The van der Waals surface area contributed by atoms with Crippen molar-refractivity contribution < 1.29 is 4.79 Å². The number of amides is 1. The fourth-order valence-corrected chi connectivity index (χ4v) is 3.36. The van der Waals surface area contributed by atoms with Crippen molar-refractivity contribution in [1.29, 1.82) is 0 Å². The lowest BCUT2D eigenvalue weighted by atomic mass is 10.1. The molecule has 3 aromatic rings. The predicted octanol–water partition coefficient (Wildman–Crippen LogP) is 4.62. The summed E-state index contributed by atoms with van der Waals surface area (Å²) in [5, 5.41) is 6.02. The zero-order chi connectivity index (χ0) is 21.1. The van der Waals surface area contributed by atoms with Gasteiger partial charge in [0.05, 0.1) is 0 Å². The van der Waals surface area contributed by atoms with Crippen LogP contribution in [0.15, 0.2) is 51.7 Å². The molecule has 0 bridgehead atoms. The van der Waals surface area contributed by atoms with Crippen LogP contribution in [0.1, 0.15) is 22.4 Å². The lowest BCUT2D eigenvalue weighted by Crippen LogP contribution is -2.30. The highest BCUT2D eigenvalue weighted by molar-refractivity contribution is 9.10. The van der Waals surface area contributed by atoms with Crippen LogP contribution in [0.2, 0.25) is 0 Å². The summed E-state index contributed by atoms with van der Waals surface area (Å²) in [6.07, 6.45) is 0. The van der Waals surface area contributed by atoms with Crippen LogP contribution in [0.4, 0.5) is 17.3 Å². The summed E-state index contributed by atoms with van der Waals surface area (Å²) in [5.74, 6) is 0.0325. The lowest BCUT2D eigenvalue weighted by Gasteiger charge is -2.15. The van der Waals surface area contributed by atoms with E-state index in [1.165, 1.54) is 10.6 Å². The van der Waals surface area contributed by atoms with Crippen molar-refractivity contribution in [2.24, 2.45) is 0 Å². The van der Waals surface area contributed by atoms with Gasteiger partial charge in [-0.2, -0.15) is 0 Å². The molecule has 0 unspecified atom stereocenters. The first kappa shape index (κ1) is 20.8. The molecule has 1 amide bonds. The molecule has 0 aliphatic rings. The third-order valence-electron chi connectivity index (χ3n) is 4.36. The van der Waals surface area contributed by atoms with Gasteiger partial charge in [-0.1, -0.05) is 22.0 Å². The Labute approximate surface area is 178 Å². The summed E-state index contributed by atoms with van der Waals surface area (Å²) >= 11 is 3.44. The Kier molecular flexibility index (Phi) is 6.17. The minimum atomic E-state index is -0.303. The minimum absolute atomic E-state index is 0.144.